The summed E-state index contributed by atoms with van der Waals surface area (Å²) in [5.74, 6) is 1.04. The third-order valence-electron chi connectivity index (χ3n) is 3.83. The van der Waals surface area contributed by atoms with Crippen molar-refractivity contribution in [2.24, 2.45) is 0 Å². The van der Waals surface area contributed by atoms with Crippen LogP contribution >= 0.6 is 12.2 Å². The van der Waals surface area contributed by atoms with Gasteiger partial charge in [-0.05, 0) is 36.7 Å². The molecule has 1 aliphatic carbocycles. The Labute approximate surface area is 144 Å². The smallest absolute Gasteiger partial charge is 0.262 e. The third kappa shape index (κ3) is 3.78. The third-order valence-corrected chi connectivity index (χ3v) is 4.14. The van der Waals surface area contributed by atoms with E-state index in [0.717, 1.165) is 24.2 Å². The van der Waals surface area contributed by atoms with Gasteiger partial charge in [-0.2, -0.15) is 10.4 Å². The van der Waals surface area contributed by atoms with E-state index in [2.05, 4.69) is 15.5 Å². The van der Waals surface area contributed by atoms with E-state index in [4.69, 9.17) is 12.2 Å². The number of nitrogens with one attached hydrogen (secondary N) is 2. The summed E-state index contributed by atoms with van der Waals surface area (Å²) in [5.41, 5.74) is 0.900. The van der Waals surface area contributed by atoms with Gasteiger partial charge in [-0.25, -0.2) is 0 Å². The topological polar surface area (TPSA) is 86.5 Å². The highest BCUT2D eigenvalue weighted by atomic mass is 32.1. The molecule has 1 saturated carbocycles. The molecule has 0 radical (unpaired) electrons. The second-order valence-corrected chi connectivity index (χ2v) is 6.04. The zero-order chi connectivity index (χ0) is 16.9. The summed E-state index contributed by atoms with van der Waals surface area (Å²) < 4.78 is 2.48. The predicted molar refractivity (Wildman–Crippen MR) is 92.4 cm³/mol. The van der Waals surface area contributed by atoms with Crippen molar-refractivity contribution in [1.82, 2.24) is 20.1 Å². The molecule has 7 heteroatoms. The van der Waals surface area contributed by atoms with Crippen LogP contribution in [0.3, 0.4) is 0 Å². The molecule has 0 unspecified atom stereocenters. The number of carbonyl (C=O) groups is 1. The van der Waals surface area contributed by atoms with E-state index in [1.807, 2.05) is 41.0 Å². The molecule has 3 rings (SSSR count). The van der Waals surface area contributed by atoms with Gasteiger partial charge in [0.1, 0.15) is 17.5 Å². The van der Waals surface area contributed by atoms with Crippen LogP contribution in [0.2, 0.25) is 0 Å². The maximum Gasteiger partial charge on any atom is 0.262 e. The van der Waals surface area contributed by atoms with Crippen LogP contribution in [0.5, 0.6) is 0 Å². The Kier molecular flexibility index (Phi) is 4.87. The zero-order valence-electron chi connectivity index (χ0n) is 13.0. The van der Waals surface area contributed by atoms with Gasteiger partial charge in [0.15, 0.2) is 4.77 Å². The van der Waals surface area contributed by atoms with Crippen LogP contribution in [0.1, 0.15) is 30.1 Å². The van der Waals surface area contributed by atoms with Crippen molar-refractivity contribution in [3.63, 3.8) is 0 Å². The van der Waals surface area contributed by atoms with E-state index in [1.165, 1.54) is 0 Å². The number of rotatable bonds is 6. The highest BCUT2D eigenvalue weighted by Gasteiger charge is 2.28. The van der Waals surface area contributed by atoms with Gasteiger partial charge in [0.05, 0.1) is 0 Å². The summed E-state index contributed by atoms with van der Waals surface area (Å²) in [6.07, 6.45) is 3.84. The van der Waals surface area contributed by atoms with Crippen molar-refractivity contribution in [3.05, 3.63) is 52.1 Å². The van der Waals surface area contributed by atoms with Gasteiger partial charge in [-0.1, -0.05) is 30.3 Å². The van der Waals surface area contributed by atoms with Gasteiger partial charge in [0, 0.05) is 19.0 Å². The minimum atomic E-state index is -0.385. The molecule has 1 aromatic heterocycles. The Morgan fingerprint density at radius 1 is 1.46 bits per heavy atom. The number of aromatic nitrogens is 3. The quantitative estimate of drug-likeness (QED) is 0.481. The Hall–Kier alpha value is -2.72. The minimum Gasteiger partial charge on any atom is -0.350 e. The number of hydrogen-bond acceptors (Lipinski definition) is 4. The first kappa shape index (κ1) is 16.1. The normalized spacial score (nSPS) is 14.2. The van der Waals surface area contributed by atoms with E-state index in [0.29, 0.717) is 23.8 Å². The monoisotopic (exact) mass is 339 g/mol. The van der Waals surface area contributed by atoms with Crippen LogP contribution in [0.4, 0.5) is 0 Å². The van der Waals surface area contributed by atoms with Crippen LogP contribution in [-0.4, -0.2) is 27.2 Å². The summed E-state index contributed by atoms with van der Waals surface area (Å²) in [7, 11) is 0. The number of carbonyl (C=O) groups excluding carboxylic acids is 1. The molecule has 1 amide bonds. The lowest BCUT2D eigenvalue weighted by Gasteiger charge is -2.07. The Balaban J connectivity index is 1.61. The van der Waals surface area contributed by atoms with Crippen molar-refractivity contribution in [1.29, 1.82) is 5.26 Å². The van der Waals surface area contributed by atoms with Crippen molar-refractivity contribution in [2.45, 2.75) is 25.3 Å². The van der Waals surface area contributed by atoms with Crippen LogP contribution in [0.25, 0.3) is 6.08 Å². The van der Waals surface area contributed by atoms with Gasteiger partial charge < -0.3 is 9.88 Å². The Morgan fingerprint density at radius 3 is 2.88 bits per heavy atom. The van der Waals surface area contributed by atoms with Crippen molar-refractivity contribution in [2.75, 3.05) is 6.54 Å². The first-order chi connectivity index (χ1) is 11.7. The second kappa shape index (κ2) is 7.23. The number of H-pyrrole nitrogens is 1. The second-order valence-electron chi connectivity index (χ2n) is 5.65. The molecule has 0 spiro atoms. The Bertz CT molecular complexity index is 855. The molecule has 1 fully saturated rings. The maximum absolute atomic E-state index is 12.2. The zero-order valence-corrected chi connectivity index (χ0v) is 13.8. The molecular weight excluding hydrogens is 322 g/mol. The lowest BCUT2D eigenvalue weighted by molar-refractivity contribution is -0.117. The molecule has 6 nitrogen and oxygen atoms in total. The standard InChI is InChI=1S/C17H17N5OS/c18-11-14(10-12-4-2-1-3-5-12)16(23)19-8-9-22-15(13-6-7-13)20-21-17(22)24/h1-5,10,13H,6-9H2,(H,19,23)(H,21,24)/b14-10+. The molecule has 24 heavy (non-hydrogen) atoms. The number of nitrogens with zero attached hydrogens (tertiary/aromatic N) is 3. The highest BCUT2D eigenvalue weighted by Crippen LogP contribution is 2.38. The summed E-state index contributed by atoms with van der Waals surface area (Å²) in [6.45, 7) is 0.928. The SMILES string of the molecule is N#C/C(=C\c1ccccc1)C(=O)NCCn1c(C2CC2)n[nH]c1=S. The molecule has 0 bridgehead atoms. The molecule has 1 aliphatic rings. The minimum absolute atomic E-state index is 0.0828. The van der Waals surface area contributed by atoms with Gasteiger partial charge in [0.25, 0.3) is 5.91 Å². The van der Waals surface area contributed by atoms with Crippen LogP contribution in [0.15, 0.2) is 35.9 Å². The van der Waals surface area contributed by atoms with Crippen molar-refractivity contribution >= 4 is 24.2 Å². The molecule has 122 valence electrons. The van der Waals surface area contributed by atoms with Crippen LogP contribution in [-0.2, 0) is 11.3 Å². The lowest BCUT2D eigenvalue weighted by atomic mass is 10.1. The fourth-order valence-electron chi connectivity index (χ4n) is 2.44. The largest absolute Gasteiger partial charge is 0.350 e. The molecular formula is C17H17N5OS. The van der Waals surface area contributed by atoms with Gasteiger partial charge in [0.2, 0.25) is 0 Å². The summed E-state index contributed by atoms with van der Waals surface area (Å²) in [4.78, 5) is 12.2. The number of nitriles is 1. The highest BCUT2D eigenvalue weighted by molar-refractivity contribution is 7.71. The average Bonchev–Trinajstić information content (AvgIpc) is 3.38. The number of benzene rings is 1. The van der Waals surface area contributed by atoms with E-state index < -0.39 is 0 Å². The molecule has 0 atom stereocenters. The molecule has 1 heterocycles. The van der Waals surface area contributed by atoms with Gasteiger partial charge in [-0.15, -0.1) is 0 Å². The fraction of sp³-hybridized carbons (Fsp3) is 0.294. The molecule has 0 aliphatic heterocycles. The number of hydrogen-bond donors (Lipinski definition) is 2. The molecule has 1 aromatic carbocycles. The number of amides is 1. The number of aromatic amines is 1. The average molecular weight is 339 g/mol. The van der Waals surface area contributed by atoms with Gasteiger partial charge >= 0.3 is 0 Å². The van der Waals surface area contributed by atoms with E-state index >= 15 is 0 Å². The first-order valence-corrected chi connectivity index (χ1v) is 8.20. The predicted octanol–water partition coefficient (Wildman–Crippen LogP) is 2.54. The summed E-state index contributed by atoms with van der Waals surface area (Å²) in [6, 6.07) is 11.2. The van der Waals surface area contributed by atoms with E-state index in [-0.39, 0.29) is 11.5 Å². The first-order valence-electron chi connectivity index (χ1n) is 7.79. The lowest BCUT2D eigenvalue weighted by Crippen LogP contribution is -2.28. The van der Waals surface area contributed by atoms with Crippen molar-refractivity contribution in [3.8, 4) is 6.07 Å². The van der Waals surface area contributed by atoms with Crippen LogP contribution in [0, 0.1) is 16.1 Å². The molecule has 2 N–H and O–H groups in total. The summed E-state index contributed by atoms with van der Waals surface area (Å²) in [5, 5.41) is 19.0. The van der Waals surface area contributed by atoms with E-state index in [9.17, 15) is 10.1 Å². The van der Waals surface area contributed by atoms with Crippen molar-refractivity contribution < 1.29 is 4.79 Å². The van der Waals surface area contributed by atoms with Crippen LogP contribution < -0.4 is 5.32 Å². The summed E-state index contributed by atoms with van der Waals surface area (Å²) >= 11 is 5.23. The Morgan fingerprint density at radius 2 is 2.21 bits per heavy atom. The maximum atomic E-state index is 12.2. The fourth-order valence-corrected chi connectivity index (χ4v) is 2.67. The molecule has 0 saturated heterocycles. The van der Waals surface area contributed by atoms with E-state index in [1.54, 1.807) is 6.08 Å². The van der Waals surface area contributed by atoms with Gasteiger partial charge in [-0.3, -0.25) is 9.89 Å². The molecule has 2 aromatic rings.